The van der Waals surface area contributed by atoms with E-state index in [1.165, 1.54) is 6.33 Å². The molecule has 0 aliphatic carbocycles. The highest BCUT2D eigenvalue weighted by Gasteiger charge is 2.07. The summed E-state index contributed by atoms with van der Waals surface area (Å²) < 4.78 is 8.65. The second-order valence-electron chi connectivity index (χ2n) is 5.35. The van der Waals surface area contributed by atoms with Gasteiger partial charge in [-0.1, -0.05) is 28.1 Å². The Hall–Kier alpha value is -2.61. The highest BCUT2D eigenvalue weighted by molar-refractivity contribution is 9.10. The summed E-state index contributed by atoms with van der Waals surface area (Å²) in [4.78, 5) is 8.37. The first-order valence-electron chi connectivity index (χ1n) is 7.78. The number of nitrogens with one attached hydrogen (secondary N) is 2. The molecule has 0 saturated heterocycles. The third-order valence-corrected chi connectivity index (χ3v) is 4.19. The number of nitrogens with zero attached hydrogens (tertiary/aromatic N) is 4. The van der Waals surface area contributed by atoms with Gasteiger partial charge < -0.3 is 15.1 Å². The Labute approximate surface area is 154 Å². The van der Waals surface area contributed by atoms with Gasteiger partial charge in [0, 0.05) is 24.1 Å². The minimum atomic E-state index is 0.537. The SMILES string of the molecule is CN=C(NCc1ccc(-c2ccc(Br)cc2)o1)NCc1ncnn1C. The van der Waals surface area contributed by atoms with Crippen molar-refractivity contribution in [2.24, 2.45) is 12.0 Å². The molecule has 0 amide bonds. The van der Waals surface area contributed by atoms with E-state index in [9.17, 15) is 0 Å². The lowest BCUT2D eigenvalue weighted by molar-refractivity contribution is 0.513. The highest BCUT2D eigenvalue weighted by atomic mass is 79.9. The maximum Gasteiger partial charge on any atom is 0.191 e. The van der Waals surface area contributed by atoms with E-state index in [1.54, 1.807) is 11.7 Å². The Balaban J connectivity index is 1.55. The molecule has 130 valence electrons. The molecule has 0 spiro atoms. The van der Waals surface area contributed by atoms with E-state index in [0.29, 0.717) is 19.0 Å². The summed E-state index contributed by atoms with van der Waals surface area (Å²) in [6, 6.07) is 11.9. The summed E-state index contributed by atoms with van der Waals surface area (Å²) in [7, 11) is 3.58. The molecule has 2 aromatic heterocycles. The topological polar surface area (TPSA) is 80.3 Å². The van der Waals surface area contributed by atoms with Gasteiger partial charge in [0.25, 0.3) is 0 Å². The van der Waals surface area contributed by atoms with Crippen molar-refractivity contribution in [2.45, 2.75) is 13.1 Å². The van der Waals surface area contributed by atoms with Gasteiger partial charge in [0.2, 0.25) is 0 Å². The van der Waals surface area contributed by atoms with Crippen LogP contribution in [0.25, 0.3) is 11.3 Å². The number of aromatic nitrogens is 3. The van der Waals surface area contributed by atoms with E-state index >= 15 is 0 Å². The largest absolute Gasteiger partial charge is 0.459 e. The van der Waals surface area contributed by atoms with Gasteiger partial charge in [0.05, 0.1) is 13.1 Å². The molecule has 25 heavy (non-hydrogen) atoms. The van der Waals surface area contributed by atoms with Gasteiger partial charge in [0.1, 0.15) is 23.7 Å². The minimum Gasteiger partial charge on any atom is -0.459 e. The van der Waals surface area contributed by atoms with E-state index in [2.05, 4.69) is 41.6 Å². The fourth-order valence-electron chi connectivity index (χ4n) is 2.28. The fraction of sp³-hybridized carbons (Fsp3) is 0.235. The average molecular weight is 403 g/mol. The number of hydrogen-bond donors (Lipinski definition) is 2. The van der Waals surface area contributed by atoms with Crippen molar-refractivity contribution in [2.75, 3.05) is 7.05 Å². The van der Waals surface area contributed by atoms with Crippen LogP contribution in [0.2, 0.25) is 0 Å². The predicted octanol–water partition coefficient (Wildman–Crippen LogP) is 2.70. The van der Waals surface area contributed by atoms with Gasteiger partial charge in [-0.2, -0.15) is 5.10 Å². The number of hydrogen-bond acceptors (Lipinski definition) is 4. The maximum absolute atomic E-state index is 5.89. The molecular formula is C17H19BrN6O. The molecule has 2 N–H and O–H groups in total. The lowest BCUT2D eigenvalue weighted by Gasteiger charge is -2.10. The van der Waals surface area contributed by atoms with Crippen LogP contribution in [0.5, 0.6) is 0 Å². The fourth-order valence-corrected chi connectivity index (χ4v) is 2.54. The number of rotatable bonds is 5. The monoisotopic (exact) mass is 402 g/mol. The zero-order chi connectivity index (χ0) is 17.6. The molecule has 1 aromatic carbocycles. The molecule has 2 heterocycles. The summed E-state index contributed by atoms with van der Waals surface area (Å²) >= 11 is 3.43. The van der Waals surface area contributed by atoms with Crippen molar-refractivity contribution >= 4 is 21.9 Å². The van der Waals surface area contributed by atoms with Crippen molar-refractivity contribution in [3.05, 3.63) is 58.8 Å². The lowest BCUT2D eigenvalue weighted by atomic mass is 10.2. The highest BCUT2D eigenvalue weighted by Crippen LogP contribution is 2.23. The molecular weight excluding hydrogens is 384 g/mol. The smallest absolute Gasteiger partial charge is 0.191 e. The Morgan fingerprint density at radius 1 is 1.16 bits per heavy atom. The predicted molar refractivity (Wildman–Crippen MR) is 99.9 cm³/mol. The first kappa shape index (κ1) is 17.2. The van der Waals surface area contributed by atoms with Crippen molar-refractivity contribution in [1.29, 1.82) is 0 Å². The van der Waals surface area contributed by atoms with E-state index in [1.807, 2.05) is 43.4 Å². The Kier molecular flexibility index (Phi) is 5.49. The van der Waals surface area contributed by atoms with E-state index < -0.39 is 0 Å². The van der Waals surface area contributed by atoms with E-state index in [0.717, 1.165) is 27.4 Å². The molecule has 7 nitrogen and oxygen atoms in total. The number of aliphatic imine (C=N–C) groups is 1. The second-order valence-corrected chi connectivity index (χ2v) is 6.27. The Morgan fingerprint density at radius 3 is 2.60 bits per heavy atom. The Morgan fingerprint density at radius 2 is 1.92 bits per heavy atom. The van der Waals surface area contributed by atoms with Gasteiger partial charge in [-0.25, -0.2) is 4.98 Å². The third kappa shape index (κ3) is 4.48. The molecule has 0 aliphatic heterocycles. The summed E-state index contributed by atoms with van der Waals surface area (Å²) in [5.41, 5.74) is 1.04. The summed E-state index contributed by atoms with van der Waals surface area (Å²) in [6.07, 6.45) is 1.53. The van der Waals surface area contributed by atoms with Gasteiger partial charge in [-0.3, -0.25) is 9.67 Å². The second kappa shape index (κ2) is 7.98. The Bertz CT molecular complexity index is 852. The normalized spacial score (nSPS) is 11.6. The molecule has 0 unspecified atom stereocenters. The van der Waals surface area contributed by atoms with Crippen molar-refractivity contribution < 1.29 is 4.42 Å². The van der Waals surface area contributed by atoms with Crippen LogP contribution < -0.4 is 10.6 Å². The van der Waals surface area contributed by atoms with Gasteiger partial charge in [0.15, 0.2) is 5.96 Å². The van der Waals surface area contributed by atoms with Crippen LogP contribution in [-0.4, -0.2) is 27.8 Å². The average Bonchev–Trinajstić information content (AvgIpc) is 3.25. The molecule has 0 aliphatic rings. The van der Waals surface area contributed by atoms with Crippen LogP contribution in [0.1, 0.15) is 11.6 Å². The van der Waals surface area contributed by atoms with Crippen LogP contribution in [0, 0.1) is 0 Å². The number of benzene rings is 1. The number of guanidine groups is 1. The zero-order valence-electron chi connectivity index (χ0n) is 14.0. The molecule has 3 aromatic rings. The van der Waals surface area contributed by atoms with Gasteiger partial charge in [-0.05, 0) is 24.3 Å². The van der Waals surface area contributed by atoms with Crippen molar-refractivity contribution in [3.8, 4) is 11.3 Å². The molecule has 0 atom stereocenters. The van der Waals surface area contributed by atoms with Crippen LogP contribution >= 0.6 is 15.9 Å². The molecule has 0 saturated carbocycles. The van der Waals surface area contributed by atoms with Crippen molar-refractivity contribution in [3.63, 3.8) is 0 Å². The standard InChI is InChI=1S/C17H19BrN6O/c1-19-17(21-10-16-22-11-23-24(16)2)20-9-14-7-8-15(25-14)12-3-5-13(18)6-4-12/h3-8,11H,9-10H2,1-2H3,(H2,19,20,21). The first-order chi connectivity index (χ1) is 12.2. The van der Waals surface area contributed by atoms with Crippen LogP contribution in [0.15, 0.2) is 56.6 Å². The summed E-state index contributed by atoms with van der Waals surface area (Å²) in [6.45, 7) is 1.08. The van der Waals surface area contributed by atoms with Crippen LogP contribution in [0.3, 0.4) is 0 Å². The number of furan rings is 1. The summed E-state index contributed by atoms with van der Waals surface area (Å²) in [5.74, 6) is 3.17. The van der Waals surface area contributed by atoms with Crippen LogP contribution in [-0.2, 0) is 20.1 Å². The zero-order valence-corrected chi connectivity index (χ0v) is 15.6. The number of halogens is 1. The van der Waals surface area contributed by atoms with E-state index in [-0.39, 0.29) is 0 Å². The van der Waals surface area contributed by atoms with E-state index in [4.69, 9.17) is 4.42 Å². The minimum absolute atomic E-state index is 0.537. The number of aryl methyl sites for hydroxylation is 1. The molecule has 0 fully saturated rings. The van der Waals surface area contributed by atoms with Crippen molar-refractivity contribution in [1.82, 2.24) is 25.4 Å². The quantitative estimate of drug-likeness (QED) is 0.506. The lowest BCUT2D eigenvalue weighted by Crippen LogP contribution is -2.36. The van der Waals surface area contributed by atoms with Crippen LogP contribution in [0.4, 0.5) is 0 Å². The molecule has 8 heteroatoms. The molecule has 3 rings (SSSR count). The third-order valence-electron chi connectivity index (χ3n) is 3.66. The summed E-state index contributed by atoms with van der Waals surface area (Å²) in [5, 5.41) is 10.5. The maximum atomic E-state index is 5.89. The first-order valence-corrected chi connectivity index (χ1v) is 8.57. The van der Waals surface area contributed by atoms with Gasteiger partial charge >= 0.3 is 0 Å². The molecule has 0 bridgehead atoms. The molecule has 0 radical (unpaired) electrons. The van der Waals surface area contributed by atoms with Gasteiger partial charge in [-0.15, -0.1) is 0 Å².